The van der Waals surface area contributed by atoms with Gasteiger partial charge in [-0.3, -0.25) is 4.79 Å². The first kappa shape index (κ1) is 14.1. The molecule has 102 valence electrons. The van der Waals surface area contributed by atoms with Crippen LogP contribution >= 0.6 is 11.6 Å². The number of hydrazone groups is 1. The highest BCUT2D eigenvalue weighted by atomic mass is 35.5. The highest BCUT2D eigenvalue weighted by Gasteiger charge is 2.16. The van der Waals surface area contributed by atoms with Gasteiger partial charge in [-0.2, -0.15) is 5.10 Å². The highest BCUT2D eigenvalue weighted by molar-refractivity contribution is 6.30. The lowest BCUT2D eigenvalue weighted by molar-refractivity contribution is 0.0954. The number of halogens is 1. The molecule has 0 saturated heterocycles. The Kier molecular flexibility index (Phi) is 4.97. The molecule has 0 aromatic heterocycles. The molecule has 0 radical (unpaired) electrons. The summed E-state index contributed by atoms with van der Waals surface area (Å²) in [5.74, 6) is 0.621. The average molecular weight is 279 g/mol. The third kappa shape index (κ3) is 4.06. The number of nitrogens with one attached hydrogen (secondary N) is 1. The number of rotatable bonds is 3. The van der Waals surface area contributed by atoms with Crippen molar-refractivity contribution in [2.24, 2.45) is 11.0 Å². The van der Waals surface area contributed by atoms with Crippen LogP contribution < -0.4 is 5.43 Å². The zero-order valence-electron chi connectivity index (χ0n) is 11.2. The molecule has 19 heavy (non-hydrogen) atoms. The molecule has 0 atom stereocenters. The van der Waals surface area contributed by atoms with Crippen molar-refractivity contribution in [2.45, 2.75) is 39.0 Å². The summed E-state index contributed by atoms with van der Waals surface area (Å²) in [6, 6.07) is 6.88. The molecular formula is C15H19ClN2O. The van der Waals surface area contributed by atoms with Gasteiger partial charge in [0.25, 0.3) is 5.91 Å². The fourth-order valence-corrected chi connectivity index (χ4v) is 2.55. The molecule has 0 bridgehead atoms. The van der Waals surface area contributed by atoms with Crippen molar-refractivity contribution in [1.82, 2.24) is 5.43 Å². The van der Waals surface area contributed by atoms with Gasteiger partial charge in [-0.25, -0.2) is 5.43 Å². The van der Waals surface area contributed by atoms with Crippen LogP contribution in [0.15, 0.2) is 29.4 Å². The third-order valence-corrected chi connectivity index (χ3v) is 3.90. The van der Waals surface area contributed by atoms with Gasteiger partial charge in [0.2, 0.25) is 0 Å². The van der Waals surface area contributed by atoms with E-state index in [-0.39, 0.29) is 5.91 Å². The smallest absolute Gasteiger partial charge is 0.267 e. The minimum atomic E-state index is -0.201. The van der Waals surface area contributed by atoms with Gasteiger partial charge in [0.15, 0.2) is 0 Å². The lowest BCUT2D eigenvalue weighted by Gasteiger charge is -2.21. The summed E-state index contributed by atoms with van der Waals surface area (Å²) in [4.78, 5) is 11.9. The Morgan fingerprint density at radius 1 is 1.42 bits per heavy atom. The molecule has 0 aliphatic heterocycles. The molecular weight excluding hydrogens is 260 g/mol. The van der Waals surface area contributed by atoms with Gasteiger partial charge in [0.1, 0.15) is 0 Å². The quantitative estimate of drug-likeness (QED) is 0.834. The number of hydrogen-bond donors (Lipinski definition) is 1. The molecule has 1 saturated carbocycles. The lowest BCUT2D eigenvalue weighted by Crippen LogP contribution is -2.22. The summed E-state index contributed by atoms with van der Waals surface area (Å²) in [7, 11) is 0. The number of carbonyl (C=O) groups excluding carboxylic acids is 1. The van der Waals surface area contributed by atoms with Crippen LogP contribution in [0.1, 0.15) is 49.4 Å². The largest absolute Gasteiger partial charge is 0.271 e. The van der Waals surface area contributed by atoms with Gasteiger partial charge >= 0.3 is 0 Å². The summed E-state index contributed by atoms with van der Waals surface area (Å²) in [6.45, 7) is 2.23. The van der Waals surface area contributed by atoms with Gasteiger partial charge in [-0.15, -0.1) is 0 Å². The van der Waals surface area contributed by atoms with Gasteiger partial charge < -0.3 is 0 Å². The minimum Gasteiger partial charge on any atom is -0.267 e. The van der Waals surface area contributed by atoms with E-state index in [0.29, 0.717) is 10.6 Å². The average Bonchev–Trinajstić information content (AvgIpc) is 2.45. The second-order valence-corrected chi connectivity index (χ2v) is 5.42. The second-order valence-electron chi connectivity index (χ2n) is 4.98. The molecule has 1 amide bonds. The summed E-state index contributed by atoms with van der Waals surface area (Å²) >= 11 is 5.85. The van der Waals surface area contributed by atoms with E-state index in [0.717, 1.165) is 24.5 Å². The van der Waals surface area contributed by atoms with Crippen molar-refractivity contribution in [2.75, 3.05) is 0 Å². The van der Waals surface area contributed by atoms with E-state index in [4.69, 9.17) is 11.6 Å². The summed E-state index contributed by atoms with van der Waals surface area (Å²) in [5.41, 5.74) is 4.26. The first-order valence-electron chi connectivity index (χ1n) is 6.80. The second kappa shape index (κ2) is 6.71. The first-order chi connectivity index (χ1) is 9.19. The molecule has 0 unspecified atom stereocenters. The van der Waals surface area contributed by atoms with Gasteiger partial charge in [0, 0.05) is 16.3 Å². The van der Waals surface area contributed by atoms with Gasteiger partial charge in [0.05, 0.1) is 0 Å². The number of benzene rings is 1. The predicted molar refractivity (Wildman–Crippen MR) is 78.6 cm³/mol. The Bertz CT molecular complexity index is 475. The van der Waals surface area contributed by atoms with E-state index in [1.165, 1.54) is 19.3 Å². The van der Waals surface area contributed by atoms with E-state index < -0.39 is 0 Å². The monoisotopic (exact) mass is 278 g/mol. The Labute approximate surface area is 119 Å². The Morgan fingerprint density at radius 2 is 2.16 bits per heavy atom. The summed E-state index contributed by atoms with van der Waals surface area (Å²) in [6.07, 6.45) is 5.59. The van der Waals surface area contributed by atoms with Crippen LogP contribution in [0.5, 0.6) is 0 Å². The lowest BCUT2D eigenvalue weighted by atomic mass is 9.86. The Balaban J connectivity index is 1.90. The Hall–Kier alpha value is -1.35. The molecule has 1 fully saturated rings. The van der Waals surface area contributed by atoms with Crippen LogP contribution in [0.2, 0.25) is 5.02 Å². The molecule has 3 nitrogen and oxygen atoms in total. The van der Waals surface area contributed by atoms with Crippen molar-refractivity contribution in [1.29, 1.82) is 0 Å². The maximum Gasteiger partial charge on any atom is 0.271 e. The zero-order valence-corrected chi connectivity index (χ0v) is 11.9. The summed E-state index contributed by atoms with van der Waals surface area (Å²) < 4.78 is 0. The van der Waals surface area contributed by atoms with Crippen molar-refractivity contribution < 1.29 is 4.79 Å². The molecule has 1 N–H and O–H groups in total. The van der Waals surface area contributed by atoms with Crippen LogP contribution in [0, 0.1) is 5.92 Å². The topological polar surface area (TPSA) is 41.5 Å². The molecule has 1 aromatic carbocycles. The van der Waals surface area contributed by atoms with E-state index in [1.54, 1.807) is 24.3 Å². The molecule has 2 rings (SSSR count). The minimum absolute atomic E-state index is 0.201. The van der Waals surface area contributed by atoms with Crippen molar-refractivity contribution in [3.63, 3.8) is 0 Å². The zero-order chi connectivity index (χ0) is 13.7. The molecule has 1 aliphatic carbocycles. The number of hydrogen-bond acceptors (Lipinski definition) is 2. The van der Waals surface area contributed by atoms with Crippen LogP contribution in [-0.2, 0) is 0 Å². The summed E-state index contributed by atoms with van der Waals surface area (Å²) in [5, 5.41) is 4.79. The van der Waals surface area contributed by atoms with Gasteiger partial charge in [-0.1, -0.05) is 31.0 Å². The van der Waals surface area contributed by atoms with Crippen LogP contribution in [-0.4, -0.2) is 11.6 Å². The number of amides is 1. The third-order valence-electron chi connectivity index (χ3n) is 3.66. The van der Waals surface area contributed by atoms with Crippen LogP contribution in [0.4, 0.5) is 0 Å². The van der Waals surface area contributed by atoms with Gasteiger partial charge in [-0.05, 0) is 49.8 Å². The molecule has 0 spiro atoms. The van der Waals surface area contributed by atoms with Crippen molar-refractivity contribution in [3.05, 3.63) is 34.9 Å². The maximum absolute atomic E-state index is 11.9. The number of carbonyl (C=O) groups is 1. The van der Waals surface area contributed by atoms with Crippen molar-refractivity contribution >= 4 is 23.2 Å². The van der Waals surface area contributed by atoms with Crippen LogP contribution in [0.3, 0.4) is 0 Å². The number of nitrogens with zero attached hydrogens (tertiary/aromatic N) is 1. The van der Waals surface area contributed by atoms with Crippen molar-refractivity contribution in [3.8, 4) is 0 Å². The first-order valence-corrected chi connectivity index (χ1v) is 7.18. The van der Waals surface area contributed by atoms with E-state index >= 15 is 0 Å². The predicted octanol–water partition coefficient (Wildman–Crippen LogP) is 4.03. The van der Waals surface area contributed by atoms with E-state index in [1.807, 2.05) is 0 Å². The highest BCUT2D eigenvalue weighted by Crippen LogP contribution is 2.24. The standard InChI is InChI=1S/C15H19ClN2O/c1-2-11-6-8-14(9-7-11)17-18-15(19)12-4-3-5-13(16)10-12/h3-5,10-11H,2,6-9H2,1H3,(H,18,19). The Morgan fingerprint density at radius 3 is 2.79 bits per heavy atom. The molecule has 4 heteroatoms. The SMILES string of the molecule is CCC1CCC(=NNC(=O)c2cccc(Cl)c2)CC1. The maximum atomic E-state index is 11.9. The fraction of sp³-hybridized carbons (Fsp3) is 0.467. The normalized spacial score (nSPS) is 19.1. The fourth-order valence-electron chi connectivity index (χ4n) is 2.35. The van der Waals surface area contributed by atoms with Crippen LogP contribution in [0.25, 0.3) is 0 Å². The van der Waals surface area contributed by atoms with E-state index in [2.05, 4.69) is 17.5 Å². The molecule has 1 aliphatic rings. The van der Waals surface area contributed by atoms with E-state index in [9.17, 15) is 4.79 Å². The molecule has 1 aromatic rings. The molecule has 0 heterocycles.